The Bertz CT molecular complexity index is 2930. The van der Waals surface area contributed by atoms with Crippen LogP contribution in [0.4, 0.5) is 0 Å². The standard InChI is InChI=1S/C26H22Cl2N2O3.C24H18Cl2N2O3/c1-3-32-26(31)19-12-13-29-25(14-19)30-17(2)4-10-23(30)22-15-21(28)9-11-24(22)33-16-18-5-7-20(27)8-6-18;1-15-2-8-21(28(15)23-12-17(24(29)30)10-11-27-23)20-13-19(26)7-9-22(20)31-14-16-3-5-18(25)6-4-16/h4-15H,3,16H2,1-2H3;2-13H,14H2,1H3,(H,29,30). The smallest absolute Gasteiger partial charge is 0.338 e. The predicted molar refractivity (Wildman–Crippen MR) is 252 cm³/mol. The number of carbonyl (C=O) groups is 2. The van der Waals surface area contributed by atoms with Crippen LogP contribution in [0.15, 0.2) is 146 Å². The van der Waals surface area contributed by atoms with Crippen molar-refractivity contribution >= 4 is 58.3 Å². The number of aromatic nitrogens is 4. The second kappa shape index (κ2) is 20.7. The zero-order chi connectivity index (χ0) is 45.3. The monoisotopic (exact) mass is 932 g/mol. The molecule has 0 amide bonds. The highest BCUT2D eigenvalue weighted by molar-refractivity contribution is 6.31. The zero-order valence-electron chi connectivity index (χ0n) is 34.8. The van der Waals surface area contributed by atoms with Crippen LogP contribution in [-0.4, -0.2) is 42.8 Å². The molecule has 4 aromatic carbocycles. The van der Waals surface area contributed by atoms with Crippen LogP contribution in [-0.2, 0) is 18.0 Å². The van der Waals surface area contributed by atoms with Crippen molar-refractivity contribution in [2.45, 2.75) is 34.0 Å². The van der Waals surface area contributed by atoms with E-state index in [2.05, 4.69) is 9.97 Å². The average molecular weight is 935 g/mol. The van der Waals surface area contributed by atoms with Gasteiger partial charge in [0.15, 0.2) is 0 Å². The van der Waals surface area contributed by atoms with Gasteiger partial charge in [0.1, 0.15) is 36.3 Å². The molecule has 0 atom stereocenters. The summed E-state index contributed by atoms with van der Waals surface area (Å²) in [6.45, 7) is 6.72. The quantitative estimate of drug-likeness (QED) is 0.114. The first-order chi connectivity index (χ1) is 30.9. The van der Waals surface area contributed by atoms with Crippen LogP contribution < -0.4 is 9.47 Å². The summed E-state index contributed by atoms with van der Waals surface area (Å²) < 4.78 is 21.2. The van der Waals surface area contributed by atoms with E-state index in [-0.39, 0.29) is 11.5 Å². The number of halogens is 4. The highest BCUT2D eigenvalue weighted by Gasteiger charge is 2.19. The molecule has 0 unspecified atom stereocenters. The minimum absolute atomic E-state index is 0.161. The third-order valence-corrected chi connectivity index (χ3v) is 10.9. The van der Waals surface area contributed by atoms with Gasteiger partial charge in [-0.15, -0.1) is 0 Å². The van der Waals surface area contributed by atoms with Crippen molar-refractivity contribution in [3.05, 3.63) is 200 Å². The van der Waals surface area contributed by atoms with Gasteiger partial charge in [0.25, 0.3) is 0 Å². The molecule has 324 valence electrons. The van der Waals surface area contributed by atoms with Crippen molar-refractivity contribution < 1.29 is 28.9 Å². The van der Waals surface area contributed by atoms with Crippen LogP contribution in [0, 0.1) is 13.8 Å². The number of hydrogen-bond acceptors (Lipinski definition) is 7. The van der Waals surface area contributed by atoms with E-state index in [1.165, 1.54) is 18.3 Å². The summed E-state index contributed by atoms with van der Waals surface area (Å²) >= 11 is 24.6. The number of pyridine rings is 2. The third-order valence-electron chi connectivity index (χ3n) is 9.91. The Kier molecular flexibility index (Phi) is 14.7. The summed E-state index contributed by atoms with van der Waals surface area (Å²) in [5.74, 6) is 1.03. The fraction of sp³-hybridized carbons (Fsp3) is 0.120. The number of benzene rings is 4. The highest BCUT2D eigenvalue weighted by Crippen LogP contribution is 2.37. The molecule has 4 heterocycles. The van der Waals surface area contributed by atoms with Gasteiger partial charge in [0, 0.05) is 55.0 Å². The second-order valence-electron chi connectivity index (χ2n) is 14.3. The second-order valence-corrected chi connectivity index (χ2v) is 16.1. The summed E-state index contributed by atoms with van der Waals surface area (Å²) in [6.07, 6.45) is 3.08. The van der Waals surface area contributed by atoms with Crippen LogP contribution in [0.5, 0.6) is 11.5 Å². The lowest BCUT2D eigenvalue weighted by Gasteiger charge is -2.16. The van der Waals surface area contributed by atoms with Gasteiger partial charge in [0.2, 0.25) is 0 Å². The molecule has 4 aromatic heterocycles. The van der Waals surface area contributed by atoms with E-state index in [0.29, 0.717) is 68.6 Å². The van der Waals surface area contributed by atoms with Crippen molar-refractivity contribution in [3.8, 4) is 45.6 Å². The lowest BCUT2D eigenvalue weighted by atomic mass is 10.1. The summed E-state index contributed by atoms with van der Waals surface area (Å²) in [4.78, 5) is 32.5. The summed E-state index contributed by atoms with van der Waals surface area (Å²) in [5, 5.41) is 11.8. The predicted octanol–water partition coefficient (Wildman–Crippen LogP) is 13.3. The molecule has 14 heteroatoms. The number of rotatable bonds is 13. The Morgan fingerprint density at radius 3 is 1.41 bits per heavy atom. The van der Waals surface area contributed by atoms with Crippen molar-refractivity contribution in [1.82, 2.24) is 19.1 Å². The van der Waals surface area contributed by atoms with Gasteiger partial charge < -0.3 is 19.3 Å². The maximum atomic E-state index is 12.2. The Labute approximate surface area is 390 Å². The van der Waals surface area contributed by atoms with Crippen LogP contribution in [0.3, 0.4) is 0 Å². The first kappa shape index (κ1) is 45.5. The Hall–Kier alpha value is -6.56. The molecule has 0 aliphatic heterocycles. The van der Waals surface area contributed by atoms with Crippen LogP contribution in [0.2, 0.25) is 20.1 Å². The third kappa shape index (κ3) is 11.0. The van der Waals surface area contributed by atoms with Gasteiger partial charge in [-0.1, -0.05) is 70.7 Å². The molecule has 0 spiro atoms. The van der Waals surface area contributed by atoms with Gasteiger partial charge in [0.05, 0.1) is 29.1 Å². The molecule has 8 rings (SSSR count). The lowest BCUT2D eigenvalue weighted by Crippen LogP contribution is -2.08. The van der Waals surface area contributed by atoms with Crippen LogP contribution in [0.25, 0.3) is 34.2 Å². The number of carbonyl (C=O) groups excluding carboxylic acids is 1. The normalized spacial score (nSPS) is 10.8. The molecule has 10 nitrogen and oxygen atoms in total. The van der Waals surface area contributed by atoms with Gasteiger partial charge in [-0.3, -0.25) is 9.13 Å². The van der Waals surface area contributed by atoms with E-state index in [9.17, 15) is 14.7 Å². The lowest BCUT2D eigenvalue weighted by molar-refractivity contribution is 0.0525. The number of nitrogens with zero attached hydrogens (tertiary/aromatic N) is 4. The van der Waals surface area contributed by atoms with Crippen molar-refractivity contribution in [2.75, 3.05) is 6.61 Å². The van der Waals surface area contributed by atoms with E-state index in [1.54, 1.807) is 37.4 Å². The fourth-order valence-electron chi connectivity index (χ4n) is 6.80. The number of carboxylic acid groups (broad SMARTS) is 1. The number of carboxylic acids is 1. The molecule has 0 saturated carbocycles. The van der Waals surface area contributed by atoms with E-state index >= 15 is 0 Å². The molecule has 0 aliphatic carbocycles. The maximum Gasteiger partial charge on any atom is 0.338 e. The van der Waals surface area contributed by atoms with Crippen molar-refractivity contribution in [2.24, 2.45) is 0 Å². The molecule has 64 heavy (non-hydrogen) atoms. The zero-order valence-corrected chi connectivity index (χ0v) is 37.8. The number of aromatic carboxylic acids is 1. The summed E-state index contributed by atoms with van der Waals surface area (Å²) in [7, 11) is 0. The molecule has 0 saturated heterocycles. The first-order valence-corrected chi connectivity index (χ1v) is 21.4. The van der Waals surface area contributed by atoms with Gasteiger partial charge in [-0.05, 0) is 141 Å². The van der Waals surface area contributed by atoms with Crippen molar-refractivity contribution in [1.29, 1.82) is 0 Å². The fourth-order valence-corrected chi connectivity index (χ4v) is 7.40. The minimum atomic E-state index is -1.01. The summed E-state index contributed by atoms with van der Waals surface area (Å²) in [6, 6.07) is 40.1. The highest BCUT2D eigenvalue weighted by atomic mass is 35.5. The largest absolute Gasteiger partial charge is 0.488 e. The van der Waals surface area contributed by atoms with E-state index < -0.39 is 5.97 Å². The van der Waals surface area contributed by atoms with E-state index in [0.717, 1.165) is 45.0 Å². The average Bonchev–Trinajstić information content (AvgIpc) is 3.88. The van der Waals surface area contributed by atoms with E-state index in [1.807, 2.05) is 120 Å². The SMILES string of the molecule is CCOC(=O)c1ccnc(-n2c(C)ccc2-c2cc(Cl)ccc2OCc2ccc(Cl)cc2)c1.Cc1ccc(-c2cc(Cl)ccc2OCc2ccc(Cl)cc2)n1-c1cc(C(=O)O)ccn1. The maximum absolute atomic E-state index is 12.2. The first-order valence-electron chi connectivity index (χ1n) is 19.9. The molecule has 1 N–H and O–H groups in total. The Morgan fingerprint density at radius 2 is 0.969 bits per heavy atom. The Morgan fingerprint density at radius 1 is 0.547 bits per heavy atom. The molecular weight excluding hydrogens is 894 g/mol. The molecule has 8 aromatic rings. The van der Waals surface area contributed by atoms with Crippen LogP contribution >= 0.6 is 46.4 Å². The Balaban J connectivity index is 0.000000192. The number of ether oxygens (including phenoxy) is 3. The van der Waals surface area contributed by atoms with Crippen LogP contribution in [0.1, 0.15) is 50.2 Å². The van der Waals surface area contributed by atoms with Crippen molar-refractivity contribution in [3.63, 3.8) is 0 Å². The molecular formula is C50H40Cl4N4O6. The number of esters is 1. The van der Waals surface area contributed by atoms with Gasteiger partial charge >= 0.3 is 11.9 Å². The molecule has 0 fully saturated rings. The summed E-state index contributed by atoms with van der Waals surface area (Å²) in [5.41, 5.74) is 7.64. The molecule has 0 bridgehead atoms. The minimum Gasteiger partial charge on any atom is -0.488 e. The van der Waals surface area contributed by atoms with Gasteiger partial charge in [-0.25, -0.2) is 19.6 Å². The number of aryl methyl sites for hydroxylation is 2. The molecule has 0 aliphatic rings. The molecule has 0 radical (unpaired) electrons. The topological polar surface area (TPSA) is 118 Å². The van der Waals surface area contributed by atoms with Gasteiger partial charge in [-0.2, -0.15) is 0 Å². The number of hydrogen-bond donors (Lipinski definition) is 1. The van der Waals surface area contributed by atoms with E-state index in [4.69, 9.17) is 60.6 Å².